The molecule has 1 saturated carbocycles. The molecule has 0 amide bonds. The van der Waals surface area contributed by atoms with E-state index in [0.29, 0.717) is 29.4 Å². The summed E-state index contributed by atoms with van der Waals surface area (Å²) >= 11 is 0. The zero-order valence-electron chi connectivity index (χ0n) is 9.21. The molecule has 0 N–H and O–H groups in total. The molecule has 82 valence electrons. The first-order valence-corrected chi connectivity index (χ1v) is 5.36. The minimum absolute atomic E-state index is 0.437. The SMILES string of the molecule is Cc1cnc(-c2noc([C@H]3C[C@H]3C)n2)nc1. The van der Waals surface area contributed by atoms with Crippen molar-refractivity contribution in [2.75, 3.05) is 0 Å². The van der Waals surface area contributed by atoms with Crippen molar-refractivity contribution in [3.05, 3.63) is 23.8 Å². The highest BCUT2D eigenvalue weighted by molar-refractivity contribution is 5.41. The highest BCUT2D eigenvalue weighted by Gasteiger charge is 2.39. The molecule has 0 aromatic carbocycles. The molecule has 0 spiro atoms. The first-order valence-electron chi connectivity index (χ1n) is 5.36. The Morgan fingerprint density at radius 2 is 1.94 bits per heavy atom. The molecular formula is C11H12N4O. The quantitative estimate of drug-likeness (QED) is 0.767. The van der Waals surface area contributed by atoms with E-state index in [2.05, 4.69) is 27.0 Å². The van der Waals surface area contributed by atoms with Crippen LogP contribution in [0.4, 0.5) is 0 Å². The summed E-state index contributed by atoms with van der Waals surface area (Å²) in [5.74, 6) is 2.81. The smallest absolute Gasteiger partial charge is 0.240 e. The van der Waals surface area contributed by atoms with Gasteiger partial charge in [-0.05, 0) is 24.8 Å². The van der Waals surface area contributed by atoms with Crippen LogP contribution in [0.3, 0.4) is 0 Å². The third-order valence-corrected chi connectivity index (χ3v) is 2.85. The molecule has 2 aromatic rings. The summed E-state index contributed by atoms with van der Waals surface area (Å²) < 4.78 is 5.20. The fourth-order valence-corrected chi connectivity index (χ4v) is 1.65. The Hall–Kier alpha value is -1.78. The summed E-state index contributed by atoms with van der Waals surface area (Å²) in [6.45, 7) is 4.12. The van der Waals surface area contributed by atoms with Crippen molar-refractivity contribution < 1.29 is 4.52 Å². The summed E-state index contributed by atoms with van der Waals surface area (Å²) in [6.07, 6.45) is 4.63. The van der Waals surface area contributed by atoms with Crippen LogP contribution in [-0.2, 0) is 0 Å². The van der Waals surface area contributed by atoms with Crippen molar-refractivity contribution >= 4 is 0 Å². The normalized spacial score (nSPS) is 23.4. The molecule has 1 aliphatic carbocycles. The van der Waals surface area contributed by atoms with Crippen molar-refractivity contribution in [2.24, 2.45) is 5.92 Å². The monoisotopic (exact) mass is 216 g/mol. The van der Waals surface area contributed by atoms with Crippen molar-refractivity contribution in [2.45, 2.75) is 26.2 Å². The van der Waals surface area contributed by atoms with E-state index in [4.69, 9.17) is 4.52 Å². The van der Waals surface area contributed by atoms with E-state index in [9.17, 15) is 0 Å². The van der Waals surface area contributed by atoms with Gasteiger partial charge in [-0.15, -0.1) is 0 Å². The molecule has 0 aliphatic heterocycles. The van der Waals surface area contributed by atoms with Crippen molar-refractivity contribution in [1.82, 2.24) is 20.1 Å². The van der Waals surface area contributed by atoms with Crippen LogP contribution < -0.4 is 0 Å². The lowest BCUT2D eigenvalue weighted by atomic mass is 10.3. The van der Waals surface area contributed by atoms with E-state index < -0.39 is 0 Å². The molecule has 5 heteroatoms. The van der Waals surface area contributed by atoms with Crippen molar-refractivity contribution in [1.29, 1.82) is 0 Å². The Morgan fingerprint density at radius 1 is 1.25 bits per heavy atom. The number of hydrogen-bond acceptors (Lipinski definition) is 5. The van der Waals surface area contributed by atoms with Gasteiger partial charge in [0.15, 0.2) is 0 Å². The second-order valence-corrected chi connectivity index (χ2v) is 4.36. The van der Waals surface area contributed by atoms with E-state index in [1.165, 1.54) is 0 Å². The van der Waals surface area contributed by atoms with Gasteiger partial charge in [-0.3, -0.25) is 0 Å². The molecule has 0 saturated heterocycles. The number of rotatable bonds is 2. The zero-order chi connectivity index (χ0) is 11.1. The minimum Gasteiger partial charge on any atom is -0.339 e. The first kappa shape index (κ1) is 9.45. The molecule has 2 aromatic heterocycles. The van der Waals surface area contributed by atoms with Gasteiger partial charge in [-0.1, -0.05) is 12.1 Å². The maximum absolute atomic E-state index is 5.20. The van der Waals surface area contributed by atoms with Gasteiger partial charge in [0.1, 0.15) is 0 Å². The van der Waals surface area contributed by atoms with Gasteiger partial charge in [-0.2, -0.15) is 4.98 Å². The van der Waals surface area contributed by atoms with E-state index in [-0.39, 0.29) is 0 Å². The third kappa shape index (κ3) is 1.58. The molecule has 2 heterocycles. The number of aromatic nitrogens is 4. The Balaban J connectivity index is 1.89. The van der Waals surface area contributed by atoms with Crippen LogP contribution in [0.1, 0.15) is 30.7 Å². The predicted molar refractivity (Wildman–Crippen MR) is 56.6 cm³/mol. The van der Waals surface area contributed by atoms with Crippen LogP contribution >= 0.6 is 0 Å². The van der Waals surface area contributed by atoms with E-state index in [1.54, 1.807) is 12.4 Å². The highest BCUT2D eigenvalue weighted by atomic mass is 16.5. The first-order chi connectivity index (χ1) is 7.74. The van der Waals surface area contributed by atoms with Gasteiger partial charge in [0.25, 0.3) is 0 Å². The summed E-state index contributed by atoms with van der Waals surface area (Å²) in [6, 6.07) is 0. The topological polar surface area (TPSA) is 64.7 Å². The minimum atomic E-state index is 0.437. The van der Waals surface area contributed by atoms with Crippen LogP contribution in [0.15, 0.2) is 16.9 Å². The van der Waals surface area contributed by atoms with E-state index in [0.717, 1.165) is 12.0 Å². The summed E-state index contributed by atoms with van der Waals surface area (Å²) in [4.78, 5) is 12.6. The molecule has 2 atom stereocenters. The van der Waals surface area contributed by atoms with E-state index in [1.807, 2.05) is 6.92 Å². The fourth-order valence-electron chi connectivity index (χ4n) is 1.65. The van der Waals surface area contributed by atoms with Crippen LogP contribution in [0, 0.1) is 12.8 Å². The second kappa shape index (κ2) is 3.37. The van der Waals surface area contributed by atoms with Crippen LogP contribution in [0.2, 0.25) is 0 Å². The maximum Gasteiger partial charge on any atom is 0.240 e. The van der Waals surface area contributed by atoms with Gasteiger partial charge in [0.05, 0.1) is 0 Å². The summed E-state index contributed by atoms with van der Waals surface area (Å²) in [5.41, 5.74) is 1.02. The molecule has 5 nitrogen and oxygen atoms in total. The predicted octanol–water partition coefficient (Wildman–Crippen LogP) is 1.96. The van der Waals surface area contributed by atoms with Crippen LogP contribution in [-0.4, -0.2) is 20.1 Å². The molecule has 3 rings (SSSR count). The van der Waals surface area contributed by atoms with Crippen LogP contribution in [0.25, 0.3) is 11.6 Å². The molecule has 0 unspecified atom stereocenters. The molecule has 1 fully saturated rings. The summed E-state index contributed by atoms with van der Waals surface area (Å²) in [7, 11) is 0. The lowest BCUT2D eigenvalue weighted by Gasteiger charge is -1.92. The maximum atomic E-state index is 5.20. The molecule has 1 aliphatic rings. The standard InChI is InChI=1S/C11H12N4O/c1-6-4-12-9(13-5-6)10-14-11(16-15-10)8-3-7(8)2/h4-5,7-8H,3H2,1-2H3/t7-,8+/m1/s1. The van der Waals surface area contributed by atoms with E-state index >= 15 is 0 Å². The Bertz CT molecular complexity index is 505. The van der Waals surface area contributed by atoms with Crippen molar-refractivity contribution in [3.63, 3.8) is 0 Å². The lowest BCUT2D eigenvalue weighted by Crippen LogP contribution is -1.91. The fraction of sp³-hybridized carbons (Fsp3) is 0.455. The number of nitrogens with zero attached hydrogens (tertiary/aromatic N) is 4. The average molecular weight is 216 g/mol. The molecular weight excluding hydrogens is 204 g/mol. The van der Waals surface area contributed by atoms with Crippen LogP contribution in [0.5, 0.6) is 0 Å². The Morgan fingerprint density at radius 3 is 2.56 bits per heavy atom. The van der Waals surface area contributed by atoms with Gasteiger partial charge in [0, 0.05) is 18.3 Å². The Labute approximate surface area is 92.9 Å². The largest absolute Gasteiger partial charge is 0.339 e. The average Bonchev–Trinajstić information content (AvgIpc) is 2.82. The molecule has 16 heavy (non-hydrogen) atoms. The van der Waals surface area contributed by atoms with Gasteiger partial charge in [-0.25, -0.2) is 9.97 Å². The van der Waals surface area contributed by atoms with Gasteiger partial charge in [0.2, 0.25) is 17.5 Å². The summed E-state index contributed by atoms with van der Waals surface area (Å²) in [5, 5.41) is 3.90. The number of hydrogen-bond donors (Lipinski definition) is 0. The third-order valence-electron chi connectivity index (χ3n) is 2.85. The lowest BCUT2D eigenvalue weighted by molar-refractivity contribution is 0.376. The highest BCUT2D eigenvalue weighted by Crippen LogP contribution is 2.46. The van der Waals surface area contributed by atoms with Gasteiger partial charge >= 0.3 is 0 Å². The van der Waals surface area contributed by atoms with Gasteiger partial charge < -0.3 is 4.52 Å². The van der Waals surface area contributed by atoms with Crippen molar-refractivity contribution in [3.8, 4) is 11.6 Å². The number of aryl methyl sites for hydroxylation is 1. The second-order valence-electron chi connectivity index (χ2n) is 4.36. The Kier molecular flexibility index (Phi) is 1.99. The molecule has 0 bridgehead atoms. The molecule has 0 radical (unpaired) electrons. The zero-order valence-corrected chi connectivity index (χ0v) is 9.21.